The van der Waals surface area contributed by atoms with E-state index in [0.717, 1.165) is 33.0 Å². The Labute approximate surface area is 154 Å². The van der Waals surface area contributed by atoms with Crippen molar-refractivity contribution in [3.8, 4) is 0 Å². The molecule has 0 aliphatic carbocycles. The summed E-state index contributed by atoms with van der Waals surface area (Å²) in [7, 11) is 3.98. The second kappa shape index (κ2) is 7.33. The largest absolute Gasteiger partial charge is 0.320 e. The van der Waals surface area contributed by atoms with Crippen LogP contribution < -0.4 is 5.32 Å². The lowest BCUT2D eigenvalue weighted by atomic mass is 10.0. The lowest BCUT2D eigenvalue weighted by Crippen LogP contribution is -2.18. The van der Waals surface area contributed by atoms with Crippen molar-refractivity contribution < 1.29 is 4.79 Å². The zero-order valence-corrected chi connectivity index (χ0v) is 16.0. The number of nitrogens with one attached hydrogen (secondary N) is 1. The summed E-state index contributed by atoms with van der Waals surface area (Å²) in [5.74, 6) is -0.258. The van der Waals surface area contributed by atoms with Gasteiger partial charge in [0.1, 0.15) is 0 Å². The van der Waals surface area contributed by atoms with Crippen LogP contribution in [0, 0.1) is 6.92 Å². The Morgan fingerprint density at radius 1 is 1.28 bits per heavy atom. The van der Waals surface area contributed by atoms with Crippen molar-refractivity contribution >= 4 is 38.3 Å². The second-order valence-electron chi connectivity index (χ2n) is 6.22. The standard InChI is InChI=1S/C18H20BrN5O/c1-12-10-15(19)13-6-4-5-7-14(13)17(12)20-18(25)16-11-24(22-21-16)9-8-23(2)3/h4-7,10-11H,8-9H2,1-3H3,(H,20,25). The third-order valence-corrected chi connectivity index (χ3v) is 4.63. The van der Waals surface area contributed by atoms with Gasteiger partial charge in [0, 0.05) is 16.4 Å². The minimum absolute atomic E-state index is 0.258. The molecule has 2 aromatic carbocycles. The van der Waals surface area contributed by atoms with Gasteiger partial charge >= 0.3 is 0 Å². The molecule has 3 aromatic rings. The molecular weight excluding hydrogens is 382 g/mol. The highest BCUT2D eigenvalue weighted by atomic mass is 79.9. The van der Waals surface area contributed by atoms with Gasteiger partial charge in [-0.2, -0.15) is 0 Å². The normalized spacial score (nSPS) is 11.2. The van der Waals surface area contributed by atoms with Crippen LogP contribution in [0.1, 0.15) is 16.1 Å². The monoisotopic (exact) mass is 401 g/mol. The number of amides is 1. The highest BCUT2D eigenvalue weighted by Gasteiger charge is 2.15. The average molecular weight is 402 g/mol. The van der Waals surface area contributed by atoms with E-state index in [4.69, 9.17) is 0 Å². The predicted molar refractivity (Wildman–Crippen MR) is 103 cm³/mol. The first-order valence-electron chi connectivity index (χ1n) is 8.00. The number of fused-ring (bicyclic) bond motifs is 1. The molecule has 0 bridgehead atoms. The van der Waals surface area contributed by atoms with E-state index in [1.807, 2.05) is 51.4 Å². The van der Waals surface area contributed by atoms with Gasteiger partial charge in [0.05, 0.1) is 18.4 Å². The van der Waals surface area contributed by atoms with E-state index in [2.05, 4.69) is 36.5 Å². The van der Waals surface area contributed by atoms with Crippen molar-refractivity contribution in [3.63, 3.8) is 0 Å². The number of aromatic nitrogens is 3. The van der Waals surface area contributed by atoms with Gasteiger partial charge in [-0.1, -0.05) is 45.4 Å². The van der Waals surface area contributed by atoms with Gasteiger partial charge in [0.2, 0.25) is 0 Å². The van der Waals surface area contributed by atoms with Crippen LogP contribution in [0.4, 0.5) is 5.69 Å². The second-order valence-corrected chi connectivity index (χ2v) is 7.07. The number of anilines is 1. The van der Waals surface area contributed by atoms with Crippen molar-refractivity contribution in [3.05, 3.63) is 52.3 Å². The number of nitrogens with zero attached hydrogens (tertiary/aromatic N) is 4. The van der Waals surface area contributed by atoms with Crippen molar-refractivity contribution in [2.75, 3.05) is 26.0 Å². The fourth-order valence-electron chi connectivity index (χ4n) is 2.62. The number of benzene rings is 2. The van der Waals surface area contributed by atoms with Crippen molar-refractivity contribution in [2.24, 2.45) is 0 Å². The van der Waals surface area contributed by atoms with E-state index in [9.17, 15) is 4.79 Å². The van der Waals surface area contributed by atoms with Crippen LogP contribution in [0.15, 0.2) is 41.0 Å². The van der Waals surface area contributed by atoms with E-state index < -0.39 is 0 Å². The van der Waals surface area contributed by atoms with Crippen LogP contribution in [0.5, 0.6) is 0 Å². The quantitative estimate of drug-likeness (QED) is 0.711. The molecule has 0 aliphatic rings. The average Bonchev–Trinajstić information content (AvgIpc) is 3.06. The number of hydrogen-bond donors (Lipinski definition) is 1. The molecule has 1 aromatic heterocycles. The Kier molecular flexibility index (Phi) is 5.15. The lowest BCUT2D eigenvalue weighted by molar-refractivity contribution is 0.102. The van der Waals surface area contributed by atoms with Gasteiger partial charge in [-0.3, -0.25) is 9.48 Å². The number of halogens is 1. The Bertz CT molecular complexity index is 919. The summed E-state index contributed by atoms with van der Waals surface area (Å²) in [4.78, 5) is 14.7. The molecule has 0 radical (unpaired) electrons. The first-order valence-corrected chi connectivity index (χ1v) is 8.79. The molecule has 0 atom stereocenters. The van der Waals surface area contributed by atoms with Gasteiger partial charge in [0.15, 0.2) is 5.69 Å². The fraction of sp³-hybridized carbons (Fsp3) is 0.278. The molecule has 1 heterocycles. The molecule has 3 rings (SSSR count). The molecule has 0 unspecified atom stereocenters. The highest BCUT2D eigenvalue weighted by Crippen LogP contribution is 2.33. The third-order valence-electron chi connectivity index (χ3n) is 3.98. The number of rotatable bonds is 5. The summed E-state index contributed by atoms with van der Waals surface area (Å²) in [5.41, 5.74) is 2.09. The molecule has 0 saturated carbocycles. The van der Waals surface area contributed by atoms with E-state index in [0.29, 0.717) is 12.2 Å². The molecule has 130 valence electrons. The first-order chi connectivity index (χ1) is 12.0. The molecular formula is C18H20BrN5O. The lowest BCUT2D eigenvalue weighted by Gasteiger charge is -2.12. The minimum Gasteiger partial charge on any atom is -0.320 e. The van der Waals surface area contributed by atoms with Crippen LogP contribution >= 0.6 is 15.9 Å². The van der Waals surface area contributed by atoms with Gasteiger partial charge in [0.25, 0.3) is 5.91 Å². The van der Waals surface area contributed by atoms with Crippen LogP contribution in [0.2, 0.25) is 0 Å². The Morgan fingerprint density at radius 3 is 2.72 bits per heavy atom. The Morgan fingerprint density at radius 2 is 2.00 bits per heavy atom. The maximum absolute atomic E-state index is 12.6. The molecule has 0 fully saturated rings. The van der Waals surface area contributed by atoms with E-state index in [1.54, 1.807) is 10.9 Å². The van der Waals surface area contributed by atoms with Crippen LogP contribution in [-0.4, -0.2) is 46.4 Å². The van der Waals surface area contributed by atoms with E-state index >= 15 is 0 Å². The van der Waals surface area contributed by atoms with Crippen molar-refractivity contribution in [2.45, 2.75) is 13.5 Å². The molecule has 1 N–H and O–H groups in total. The van der Waals surface area contributed by atoms with Crippen molar-refractivity contribution in [1.29, 1.82) is 0 Å². The minimum atomic E-state index is -0.258. The predicted octanol–water partition coefficient (Wildman–Crippen LogP) is 3.32. The first kappa shape index (κ1) is 17.6. The summed E-state index contributed by atoms with van der Waals surface area (Å²) < 4.78 is 2.69. The zero-order valence-electron chi connectivity index (χ0n) is 14.5. The summed E-state index contributed by atoms with van der Waals surface area (Å²) in [6.07, 6.45) is 1.68. The number of carbonyl (C=O) groups excluding carboxylic acids is 1. The topological polar surface area (TPSA) is 63.1 Å². The van der Waals surface area contributed by atoms with Gasteiger partial charge in [-0.25, -0.2) is 0 Å². The molecule has 7 heteroatoms. The summed E-state index contributed by atoms with van der Waals surface area (Å²) in [5, 5.41) is 13.0. The van der Waals surface area contributed by atoms with Gasteiger partial charge < -0.3 is 10.2 Å². The number of likely N-dealkylation sites (N-methyl/N-ethyl adjacent to an activating group) is 1. The molecule has 0 aliphatic heterocycles. The highest BCUT2D eigenvalue weighted by molar-refractivity contribution is 9.10. The Balaban J connectivity index is 1.85. The maximum atomic E-state index is 12.6. The smallest absolute Gasteiger partial charge is 0.277 e. The third kappa shape index (κ3) is 3.88. The number of aryl methyl sites for hydroxylation is 1. The summed E-state index contributed by atoms with van der Waals surface area (Å²) in [6.45, 7) is 3.50. The molecule has 25 heavy (non-hydrogen) atoms. The SMILES string of the molecule is Cc1cc(Br)c2ccccc2c1NC(=O)c1cn(CCN(C)C)nn1. The number of hydrogen-bond acceptors (Lipinski definition) is 4. The zero-order chi connectivity index (χ0) is 18.0. The van der Waals surface area contributed by atoms with Crippen molar-refractivity contribution in [1.82, 2.24) is 19.9 Å². The van der Waals surface area contributed by atoms with Crippen LogP contribution in [0.3, 0.4) is 0 Å². The maximum Gasteiger partial charge on any atom is 0.277 e. The summed E-state index contributed by atoms with van der Waals surface area (Å²) in [6, 6.07) is 9.96. The van der Waals surface area contributed by atoms with Gasteiger partial charge in [-0.15, -0.1) is 5.10 Å². The molecule has 0 saturated heterocycles. The molecule has 1 amide bonds. The molecule has 0 spiro atoms. The number of carbonyl (C=O) groups is 1. The fourth-order valence-corrected chi connectivity index (χ4v) is 3.31. The summed E-state index contributed by atoms with van der Waals surface area (Å²) >= 11 is 3.58. The molecule has 6 nitrogen and oxygen atoms in total. The van der Waals surface area contributed by atoms with Crippen LogP contribution in [-0.2, 0) is 6.54 Å². The van der Waals surface area contributed by atoms with E-state index in [-0.39, 0.29) is 5.91 Å². The Hall–Kier alpha value is -2.25. The van der Waals surface area contributed by atoms with E-state index in [1.165, 1.54) is 0 Å². The van der Waals surface area contributed by atoms with Gasteiger partial charge in [-0.05, 0) is 38.0 Å². The van der Waals surface area contributed by atoms with Crippen LogP contribution in [0.25, 0.3) is 10.8 Å².